The predicted molar refractivity (Wildman–Crippen MR) is 68.6 cm³/mol. The smallest absolute Gasteiger partial charge is 0.319 e. The molecule has 3 rings (SSSR count). The van der Waals surface area contributed by atoms with E-state index in [1.807, 2.05) is 24.3 Å². The first-order valence-electron chi connectivity index (χ1n) is 6.11. The van der Waals surface area contributed by atoms with Gasteiger partial charge in [0.2, 0.25) is 11.9 Å². The number of aliphatic carboxylic acids is 1. The Hall–Kier alpha value is -2.37. The average molecular weight is 259 g/mol. The predicted octanol–water partition coefficient (Wildman–Crippen LogP) is 1.76. The third kappa shape index (κ3) is 1.76. The summed E-state index contributed by atoms with van der Waals surface area (Å²) < 4.78 is 0. The highest BCUT2D eigenvalue weighted by molar-refractivity contribution is 6.08. The van der Waals surface area contributed by atoms with Gasteiger partial charge in [0, 0.05) is 0 Å². The van der Waals surface area contributed by atoms with Crippen molar-refractivity contribution in [3.8, 4) is 0 Å². The molecule has 1 fully saturated rings. The molecule has 1 amide bonds. The van der Waals surface area contributed by atoms with Crippen LogP contribution < -0.4 is 5.32 Å². The van der Waals surface area contributed by atoms with Crippen LogP contribution in [0.3, 0.4) is 0 Å². The summed E-state index contributed by atoms with van der Waals surface area (Å²) >= 11 is 0. The lowest BCUT2D eigenvalue weighted by Gasteiger charge is -2.35. The number of rotatable bonds is 3. The molecule has 0 aliphatic heterocycles. The van der Waals surface area contributed by atoms with Crippen molar-refractivity contribution in [3.05, 3.63) is 24.3 Å². The maximum atomic E-state index is 12.1. The van der Waals surface area contributed by atoms with Crippen molar-refractivity contribution < 1.29 is 14.7 Å². The number of anilines is 1. The number of amides is 1. The second-order valence-corrected chi connectivity index (χ2v) is 4.80. The summed E-state index contributed by atoms with van der Waals surface area (Å²) in [5.41, 5.74) is 0.255. The van der Waals surface area contributed by atoms with Crippen molar-refractivity contribution in [1.82, 2.24) is 9.97 Å². The largest absolute Gasteiger partial charge is 0.480 e. The van der Waals surface area contributed by atoms with E-state index in [0.29, 0.717) is 18.8 Å². The first-order chi connectivity index (χ1) is 9.12. The molecule has 0 saturated heterocycles. The lowest BCUT2D eigenvalue weighted by atomic mass is 9.68. The Morgan fingerprint density at radius 3 is 2.63 bits per heavy atom. The minimum absolute atomic E-state index is 0.290. The molecule has 98 valence electrons. The van der Waals surface area contributed by atoms with E-state index < -0.39 is 17.3 Å². The second-order valence-electron chi connectivity index (χ2n) is 4.80. The molecule has 1 saturated carbocycles. The number of imidazole rings is 1. The summed E-state index contributed by atoms with van der Waals surface area (Å²) in [7, 11) is 0. The Morgan fingerprint density at radius 1 is 1.32 bits per heavy atom. The SMILES string of the molecule is O=C(O)C1(C(=O)Nc2nc3ccccc3[nH]2)CCC1. The average Bonchev–Trinajstić information content (AvgIpc) is 2.68. The van der Waals surface area contributed by atoms with Crippen molar-refractivity contribution in [2.24, 2.45) is 5.41 Å². The van der Waals surface area contributed by atoms with Gasteiger partial charge in [-0.3, -0.25) is 14.9 Å². The number of nitrogens with one attached hydrogen (secondary N) is 2. The van der Waals surface area contributed by atoms with Gasteiger partial charge in [0.05, 0.1) is 11.0 Å². The fraction of sp³-hybridized carbons (Fsp3) is 0.308. The first kappa shape index (κ1) is 11.7. The molecule has 1 aliphatic carbocycles. The standard InChI is InChI=1S/C13H13N3O3/c17-10(13(11(18)19)6-3-7-13)16-12-14-8-4-1-2-5-9(8)15-12/h1-2,4-5H,3,6-7H2,(H,18,19)(H2,14,15,16,17). The van der Waals surface area contributed by atoms with Crippen LogP contribution in [0.15, 0.2) is 24.3 Å². The molecule has 6 nitrogen and oxygen atoms in total. The van der Waals surface area contributed by atoms with Crippen LogP contribution in [-0.2, 0) is 9.59 Å². The number of aromatic nitrogens is 2. The van der Waals surface area contributed by atoms with Crippen molar-refractivity contribution in [2.45, 2.75) is 19.3 Å². The number of hydrogen-bond acceptors (Lipinski definition) is 3. The van der Waals surface area contributed by atoms with Crippen LogP contribution >= 0.6 is 0 Å². The Balaban J connectivity index is 1.84. The summed E-state index contributed by atoms with van der Waals surface area (Å²) in [6.07, 6.45) is 1.53. The highest BCUT2D eigenvalue weighted by atomic mass is 16.4. The number of carboxylic acids is 1. The van der Waals surface area contributed by atoms with E-state index in [-0.39, 0.29) is 0 Å². The number of fused-ring (bicyclic) bond motifs is 1. The molecule has 0 radical (unpaired) electrons. The molecular formula is C13H13N3O3. The lowest BCUT2D eigenvalue weighted by Crippen LogP contribution is -2.48. The summed E-state index contributed by atoms with van der Waals surface area (Å²) in [5.74, 6) is -1.27. The zero-order valence-electron chi connectivity index (χ0n) is 10.1. The van der Waals surface area contributed by atoms with E-state index in [1.54, 1.807) is 0 Å². The zero-order chi connectivity index (χ0) is 13.5. The van der Waals surface area contributed by atoms with Gasteiger partial charge in [0.25, 0.3) is 0 Å². The van der Waals surface area contributed by atoms with Gasteiger partial charge in [0.15, 0.2) is 0 Å². The van der Waals surface area contributed by atoms with Crippen LogP contribution in [0.5, 0.6) is 0 Å². The molecule has 19 heavy (non-hydrogen) atoms. The van der Waals surface area contributed by atoms with E-state index in [2.05, 4.69) is 15.3 Å². The van der Waals surface area contributed by atoms with Gasteiger partial charge < -0.3 is 10.1 Å². The van der Waals surface area contributed by atoms with Crippen molar-refractivity contribution in [2.75, 3.05) is 5.32 Å². The van der Waals surface area contributed by atoms with Gasteiger partial charge in [-0.2, -0.15) is 0 Å². The highest BCUT2D eigenvalue weighted by Crippen LogP contribution is 2.42. The zero-order valence-corrected chi connectivity index (χ0v) is 10.1. The molecule has 6 heteroatoms. The molecule has 0 spiro atoms. The van der Waals surface area contributed by atoms with Gasteiger partial charge >= 0.3 is 5.97 Å². The van der Waals surface area contributed by atoms with Crippen LogP contribution in [0.4, 0.5) is 5.95 Å². The number of carbonyl (C=O) groups is 2. The Kier molecular flexibility index (Phi) is 2.51. The lowest BCUT2D eigenvalue weighted by molar-refractivity contribution is -0.159. The maximum Gasteiger partial charge on any atom is 0.319 e. The minimum Gasteiger partial charge on any atom is -0.480 e. The molecule has 0 bridgehead atoms. The molecule has 1 aromatic heterocycles. The fourth-order valence-corrected chi connectivity index (χ4v) is 2.31. The van der Waals surface area contributed by atoms with Crippen molar-refractivity contribution in [1.29, 1.82) is 0 Å². The Bertz CT molecular complexity index is 625. The number of H-pyrrole nitrogens is 1. The summed E-state index contributed by atoms with van der Waals surface area (Å²) in [6.45, 7) is 0. The van der Waals surface area contributed by atoms with Crippen LogP contribution in [0.1, 0.15) is 19.3 Å². The van der Waals surface area contributed by atoms with E-state index in [0.717, 1.165) is 17.5 Å². The van der Waals surface area contributed by atoms with Gasteiger partial charge in [0.1, 0.15) is 5.41 Å². The van der Waals surface area contributed by atoms with E-state index in [4.69, 9.17) is 0 Å². The fourth-order valence-electron chi connectivity index (χ4n) is 2.31. The molecule has 1 aliphatic rings. The number of aromatic amines is 1. The maximum absolute atomic E-state index is 12.1. The molecule has 1 aromatic carbocycles. The number of nitrogens with zero attached hydrogens (tertiary/aromatic N) is 1. The van der Waals surface area contributed by atoms with Crippen molar-refractivity contribution in [3.63, 3.8) is 0 Å². The highest BCUT2D eigenvalue weighted by Gasteiger charge is 2.51. The minimum atomic E-state index is -1.28. The van der Waals surface area contributed by atoms with Crippen LogP contribution in [0.2, 0.25) is 0 Å². The molecule has 0 atom stereocenters. The number of hydrogen-bond donors (Lipinski definition) is 3. The number of benzene rings is 1. The molecule has 2 aromatic rings. The molecular weight excluding hydrogens is 246 g/mol. The summed E-state index contributed by atoms with van der Waals surface area (Å²) in [6, 6.07) is 7.36. The van der Waals surface area contributed by atoms with Gasteiger partial charge in [-0.05, 0) is 25.0 Å². The monoisotopic (exact) mass is 259 g/mol. The third-order valence-corrected chi connectivity index (χ3v) is 3.67. The molecule has 3 N–H and O–H groups in total. The Labute approximate surface area is 108 Å². The van der Waals surface area contributed by atoms with Gasteiger partial charge in [-0.15, -0.1) is 0 Å². The van der Waals surface area contributed by atoms with E-state index in [1.165, 1.54) is 0 Å². The normalized spacial score (nSPS) is 16.8. The van der Waals surface area contributed by atoms with E-state index >= 15 is 0 Å². The molecule has 0 unspecified atom stereocenters. The number of para-hydroxylation sites is 2. The Morgan fingerprint density at radius 2 is 2.05 bits per heavy atom. The van der Waals surface area contributed by atoms with Crippen LogP contribution in [-0.4, -0.2) is 27.0 Å². The summed E-state index contributed by atoms with van der Waals surface area (Å²) in [4.78, 5) is 30.5. The topological polar surface area (TPSA) is 95.1 Å². The summed E-state index contributed by atoms with van der Waals surface area (Å²) in [5, 5.41) is 11.7. The number of carboxylic acid groups (broad SMARTS) is 1. The number of carbonyl (C=O) groups excluding carboxylic acids is 1. The van der Waals surface area contributed by atoms with Crippen LogP contribution in [0.25, 0.3) is 11.0 Å². The third-order valence-electron chi connectivity index (χ3n) is 3.67. The quantitative estimate of drug-likeness (QED) is 0.732. The molecule has 1 heterocycles. The van der Waals surface area contributed by atoms with Crippen molar-refractivity contribution >= 4 is 28.9 Å². The van der Waals surface area contributed by atoms with Gasteiger partial charge in [-0.1, -0.05) is 18.6 Å². The first-order valence-corrected chi connectivity index (χ1v) is 6.11. The second kappa shape index (κ2) is 4.08. The van der Waals surface area contributed by atoms with E-state index in [9.17, 15) is 14.7 Å². The van der Waals surface area contributed by atoms with Crippen LogP contribution in [0, 0.1) is 5.41 Å². The van der Waals surface area contributed by atoms with Gasteiger partial charge in [-0.25, -0.2) is 4.98 Å².